The van der Waals surface area contributed by atoms with Gasteiger partial charge < -0.3 is 25.6 Å². The summed E-state index contributed by atoms with van der Waals surface area (Å²) in [5.74, 6) is 1.99. The lowest BCUT2D eigenvalue weighted by Crippen LogP contribution is -2.56. The number of carbonyl (C=O) groups is 5. The van der Waals surface area contributed by atoms with E-state index in [0.717, 1.165) is 50.9 Å². The minimum atomic E-state index is -1.06. The highest BCUT2D eigenvalue weighted by atomic mass is 35.5. The van der Waals surface area contributed by atoms with Crippen molar-refractivity contribution in [2.75, 3.05) is 34.8 Å². The highest BCUT2D eigenvalue weighted by molar-refractivity contribution is 6.61. The van der Waals surface area contributed by atoms with Crippen molar-refractivity contribution in [1.82, 2.24) is 9.80 Å². The van der Waals surface area contributed by atoms with Gasteiger partial charge in [0.25, 0.3) is 0 Å². The number of Topliss-reactive ketones (excluding diaryl/α,β-unsaturated/α-hetero) is 3. The number of ether oxygens (including phenoxy) is 1. The molecule has 8 bridgehead atoms. The van der Waals surface area contributed by atoms with Crippen LogP contribution >= 0.6 is 11.6 Å². The van der Waals surface area contributed by atoms with Crippen LogP contribution in [-0.2, 0) is 23.9 Å². The van der Waals surface area contributed by atoms with Gasteiger partial charge in [0.15, 0.2) is 17.3 Å². The molecule has 8 rings (SSSR count). The van der Waals surface area contributed by atoms with Crippen LogP contribution < -0.4 is 5.73 Å². The number of hydrogen-bond donors (Lipinski definition) is 3. The van der Waals surface area contributed by atoms with Crippen molar-refractivity contribution in [3.8, 4) is 0 Å². The number of carboxylic acids is 1. The summed E-state index contributed by atoms with van der Waals surface area (Å²) in [7, 11) is 8.32. The van der Waals surface area contributed by atoms with Gasteiger partial charge in [0.2, 0.25) is 0 Å². The fourth-order valence-corrected chi connectivity index (χ4v) is 13.8. The number of nitrogens with zero attached hydrogens (tertiary/aromatic N) is 2. The number of carboxylic acid groups (broad SMARTS) is 1. The highest BCUT2D eigenvalue weighted by Crippen LogP contribution is 2.65. The highest BCUT2D eigenvalue weighted by Gasteiger charge is 2.69. The van der Waals surface area contributed by atoms with Gasteiger partial charge in [0.05, 0.1) is 29.3 Å². The zero-order chi connectivity index (χ0) is 42.8. The van der Waals surface area contributed by atoms with Crippen LogP contribution in [0.5, 0.6) is 0 Å². The molecule has 8 aliphatic rings. The molecule has 11 nitrogen and oxygen atoms in total. The second-order valence-electron chi connectivity index (χ2n) is 20.9. The number of nitrogens with two attached hydrogens (primary N) is 1. The average Bonchev–Trinajstić information content (AvgIpc) is 3.85. The quantitative estimate of drug-likeness (QED) is 0.195. The standard InChI is InChI=1S/C11H21NO.C11H19NO.C10H14O3.C9H15NO.C3H5ClO2/c2*1-10(2)8-5-6-11(10,12(3)4)9(13)7-8;1-9(2)6-3-4-10(9,8(12)13)7(11)5-6;1-8(2)6-3-4-9(8,10)7(11)5-6;1-2-6-3(4)5/h8-9,13H,5-7H2,1-4H3;8H,5-7H2,1-4H3;6H,3-5H2,1-2H3,(H,12,13);6H,3-5,10H2,1-2H3;2H2,1H3. The molecule has 0 radical (unpaired) electrons. The topological polar surface area (TPSA) is 168 Å². The van der Waals surface area contributed by atoms with Crippen LogP contribution in [0.4, 0.5) is 4.79 Å². The van der Waals surface area contributed by atoms with Gasteiger partial charge in [0.1, 0.15) is 5.41 Å². The van der Waals surface area contributed by atoms with E-state index in [9.17, 15) is 34.2 Å². The number of ketones is 3. The number of carbonyl (C=O) groups excluding carboxylic acids is 4. The van der Waals surface area contributed by atoms with Gasteiger partial charge in [0, 0.05) is 30.9 Å². The fourth-order valence-electron chi connectivity index (χ4n) is 13.7. The summed E-state index contributed by atoms with van der Waals surface area (Å²) < 4.78 is 4.17. The normalized spacial score (nSPS) is 40.3. The lowest BCUT2D eigenvalue weighted by atomic mass is 9.69. The first-order valence-corrected chi connectivity index (χ1v) is 21.4. The summed E-state index contributed by atoms with van der Waals surface area (Å²) >= 11 is 4.72. The lowest BCUT2D eigenvalue weighted by Gasteiger charge is -2.46. The molecule has 8 aliphatic carbocycles. The summed E-state index contributed by atoms with van der Waals surface area (Å²) in [5, 5.41) is 19.3. The molecule has 56 heavy (non-hydrogen) atoms. The zero-order valence-corrected chi connectivity index (χ0v) is 37.5. The van der Waals surface area contributed by atoms with Crippen molar-refractivity contribution >= 4 is 40.3 Å². The Bertz CT molecular complexity index is 1560. The van der Waals surface area contributed by atoms with Gasteiger partial charge in [-0.05, 0) is 138 Å². The van der Waals surface area contributed by atoms with Crippen LogP contribution in [0, 0.1) is 50.7 Å². The van der Waals surface area contributed by atoms with Crippen LogP contribution in [-0.4, -0.2) is 106 Å². The van der Waals surface area contributed by atoms with Gasteiger partial charge in [-0.25, -0.2) is 4.79 Å². The van der Waals surface area contributed by atoms with Gasteiger partial charge >= 0.3 is 11.4 Å². The second kappa shape index (κ2) is 15.6. The number of likely N-dealkylation sites (N-methyl/N-ethyl adjacent to an activating group) is 2. The zero-order valence-electron chi connectivity index (χ0n) is 36.8. The molecule has 0 spiro atoms. The lowest BCUT2D eigenvalue weighted by molar-refractivity contribution is -0.158. The number of rotatable bonds is 4. The maximum atomic E-state index is 12.0. The van der Waals surface area contributed by atoms with Gasteiger partial charge in [-0.2, -0.15) is 0 Å². The van der Waals surface area contributed by atoms with Crippen molar-refractivity contribution in [2.24, 2.45) is 56.5 Å². The van der Waals surface area contributed by atoms with Gasteiger partial charge in [-0.15, -0.1) is 0 Å². The van der Waals surface area contributed by atoms with E-state index in [4.69, 9.17) is 17.3 Å². The van der Waals surface area contributed by atoms with E-state index < -0.39 is 22.4 Å². The monoisotopic (exact) mass is 808 g/mol. The Balaban J connectivity index is 0.000000159. The summed E-state index contributed by atoms with van der Waals surface area (Å²) in [5.41, 5.74) is 3.91. The summed E-state index contributed by atoms with van der Waals surface area (Å²) in [6, 6.07) is 0. The first kappa shape index (κ1) is 46.8. The van der Waals surface area contributed by atoms with E-state index in [2.05, 4.69) is 70.2 Å². The predicted molar refractivity (Wildman–Crippen MR) is 218 cm³/mol. The molecule has 0 aliphatic heterocycles. The Hall–Kier alpha value is -1.92. The van der Waals surface area contributed by atoms with E-state index in [0.29, 0.717) is 42.9 Å². The van der Waals surface area contributed by atoms with Crippen molar-refractivity contribution in [1.29, 1.82) is 0 Å². The molecular weight excluding hydrogens is 734 g/mol. The second-order valence-corrected chi connectivity index (χ2v) is 21.2. The molecule has 8 fully saturated rings. The van der Waals surface area contributed by atoms with Crippen LogP contribution in [0.25, 0.3) is 0 Å². The molecule has 0 saturated heterocycles. The van der Waals surface area contributed by atoms with Crippen LogP contribution in [0.2, 0.25) is 0 Å². The average molecular weight is 809 g/mol. The van der Waals surface area contributed by atoms with E-state index in [1.165, 1.54) is 19.3 Å². The molecular formula is C44H74ClN3O8. The van der Waals surface area contributed by atoms with E-state index in [1.807, 2.05) is 27.9 Å². The minimum absolute atomic E-state index is 0.0532. The van der Waals surface area contributed by atoms with Crippen molar-refractivity contribution < 1.29 is 38.9 Å². The Kier molecular flexibility index (Phi) is 13.0. The first-order valence-electron chi connectivity index (χ1n) is 21.0. The van der Waals surface area contributed by atoms with Crippen molar-refractivity contribution in [3.63, 3.8) is 0 Å². The molecule has 0 aromatic carbocycles. The fraction of sp³-hybridized carbons (Fsp3) is 0.886. The van der Waals surface area contributed by atoms with E-state index in [-0.39, 0.29) is 50.5 Å². The number of aliphatic hydroxyl groups is 1. The molecule has 0 heterocycles. The maximum Gasteiger partial charge on any atom is 0.403 e. The number of aliphatic carboxylic acids is 1. The molecule has 9 unspecified atom stereocenters. The Labute approximate surface area is 341 Å². The Morgan fingerprint density at radius 2 is 1.18 bits per heavy atom. The summed E-state index contributed by atoms with van der Waals surface area (Å²) in [6.07, 6.45) is 11.1. The number of aliphatic hydroxyl groups excluding tert-OH is 1. The predicted octanol–water partition coefficient (Wildman–Crippen LogP) is 7.12. The largest absolute Gasteiger partial charge is 0.480 e. The maximum absolute atomic E-state index is 12.0. The van der Waals surface area contributed by atoms with Crippen LogP contribution in [0.1, 0.15) is 139 Å². The van der Waals surface area contributed by atoms with Crippen LogP contribution in [0.15, 0.2) is 0 Å². The third kappa shape index (κ3) is 6.64. The number of fused-ring (bicyclic) bond motifs is 8. The molecule has 8 saturated carbocycles. The minimum Gasteiger partial charge on any atom is -0.480 e. The molecule has 4 N–H and O–H groups in total. The molecule has 0 aromatic heterocycles. The molecule has 0 aromatic rings. The van der Waals surface area contributed by atoms with Crippen molar-refractivity contribution in [3.05, 3.63) is 0 Å². The molecule has 320 valence electrons. The van der Waals surface area contributed by atoms with E-state index in [1.54, 1.807) is 6.92 Å². The number of hydrogen-bond acceptors (Lipinski definition) is 10. The Morgan fingerprint density at radius 3 is 1.38 bits per heavy atom. The Morgan fingerprint density at radius 1 is 0.696 bits per heavy atom. The molecule has 12 heteroatoms. The summed E-state index contributed by atoms with van der Waals surface area (Å²) in [4.78, 5) is 60.2. The van der Waals surface area contributed by atoms with Gasteiger partial charge in [-0.1, -0.05) is 55.4 Å². The summed E-state index contributed by atoms with van der Waals surface area (Å²) in [6.45, 7) is 19.3. The SMILES string of the molecule is CC1(C)C2CCC1(C(=O)O)C(=O)C2.CC1(C)C2CCC1(N)C(=O)C2.CCOC(=O)Cl.CN(C)C12CCC(CC1=O)C2(C)C.CN(C)C12CCC(CC1O)C2(C)C. The molecule has 9 atom stereocenters. The van der Waals surface area contributed by atoms with Gasteiger partial charge in [-0.3, -0.25) is 24.1 Å². The molecule has 0 amide bonds. The number of halogens is 1. The van der Waals surface area contributed by atoms with E-state index >= 15 is 0 Å². The first-order chi connectivity index (χ1) is 25.5. The third-order valence-corrected chi connectivity index (χ3v) is 18.1. The smallest absolute Gasteiger partial charge is 0.403 e. The van der Waals surface area contributed by atoms with Crippen LogP contribution in [0.3, 0.4) is 0 Å². The third-order valence-electron chi connectivity index (χ3n) is 18.0. The van der Waals surface area contributed by atoms with Crippen molar-refractivity contribution in [2.45, 2.75) is 162 Å².